The number of carbonyl (C=O) groups is 1. The van der Waals surface area contributed by atoms with E-state index >= 15 is 0 Å². The molecule has 0 aliphatic rings. The van der Waals surface area contributed by atoms with E-state index in [9.17, 15) is 4.79 Å². The first kappa shape index (κ1) is 18.5. The van der Waals surface area contributed by atoms with Crippen LogP contribution in [0.5, 0.6) is 0 Å². The fourth-order valence-corrected chi connectivity index (χ4v) is 3.18. The molecular weight excluding hydrogens is 366 g/mol. The highest BCUT2D eigenvalue weighted by atomic mass is 79.9. The van der Waals surface area contributed by atoms with Crippen molar-refractivity contribution in [2.45, 2.75) is 33.4 Å². The van der Waals surface area contributed by atoms with Crippen molar-refractivity contribution in [1.29, 1.82) is 0 Å². The number of nitrogens with zero attached hydrogens (tertiary/aromatic N) is 1. The van der Waals surface area contributed by atoms with Gasteiger partial charge in [-0.15, -0.1) is 0 Å². The van der Waals surface area contributed by atoms with E-state index in [1.54, 1.807) is 4.90 Å². The molecule has 0 bridgehead atoms. The quantitative estimate of drug-likeness (QED) is 0.623. The first-order valence-corrected chi connectivity index (χ1v) is 9.00. The van der Waals surface area contributed by atoms with Crippen molar-refractivity contribution in [1.82, 2.24) is 4.90 Å². The number of ether oxygens (including phenoxy) is 1. The number of hydrogen-bond acceptors (Lipinski definition) is 2. The molecule has 1 atom stereocenters. The van der Waals surface area contributed by atoms with Gasteiger partial charge in [0.1, 0.15) is 6.61 Å². The summed E-state index contributed by atoms with van der Waals surface area (Å²) < 4.78 is 6.55. The second-order valence-corrected chi connectivity index (χ2v) is 7.14. The second kappa shape index (κ2) is 8.88. The van der Waals surface area contributed by atoms with Crippen LogP contribution in [0.4, 0.5) is 4.79 Å². The molecule has 1 amide bonds. The SMILES string of the molecule is CC(C)CN(C(=O)OCc1ccccc1)C(C)c1ccccc1Br. The normalized spacial score (nSPS) is 12.0. The minimum atomic E-state index is -0.282. The third-order valence-electron chi connectivity index (χ3n) is 3.82. The molecule has 2 aromatic rings. The summed E-state index contributed by atoms with van der Waals surface area (Å²) in [6, 6.07) is 17.7. The maximum absolute atomic E-state index is 12.7. The Bertz CT molecular complexity index is 658. The summed E-state index contributed by atoms with van der Waals surface area (Å²) in [6.07, 6.45) is -0.282. The minimum absolute atomic E-state index is 0.0637. The standard InChI is InChI=1S/C20H24BrNO2/c1-15(2)13-22(16(3)18-11-7-8-12-19(18)21)20(23)24-14-17-9-5-4-6-10-17/h4-12,15-16H,13-14H2,1-3H3. The predicted octanol–water partition coefficient (Wildman–Crippen LogP) is 5.80. The molecule has 0 saturated heterocycles. The van der Waals surface area contributed by atoms with E-state index in [1.807, 2.05) is 61.5 Å². The number of amides is 1. The maximum atomic E-state index is 12.7. The van der Waals surface area contributed by atoms with Crippen LogP contribution in [0.15, 0.2) is 59.1 Å². The second-order valence-electron chi connectivity index (χ2n) is 6.28. The van der Waals surface area contributed by atoms with E-state index in [1.165, 1.54) is 0 Å². The monoisotopic (exact) mass is 389 g/mol. The summed E-state index contributed by atoms with van der Waals surface area (Å²) in [5.41, 5.74) is 2.07. The summed E-state index contributed by atoms with van der Waals surface area (Å²) in [6.45, 7) is 7.17. The van der Waals surface area contributed by atoms with Gasteiger partial charge in [-0.2, -0.15) is 0 Å². The van der Waals surface area contributed by atoms with Crippen LogP contribution in [-0.4, -0.2) is 17.5 Å². The fraction of sp³-hybridized carbons (Fsp3) is 0.350. The number of carbonyl (C=O) groups excluding carboxylic acids is 1. The molecule has 2 aromatic carbocycles. The van der Waals surface area contributed by atoms with Crippen LogP contribution in [-0.2, 0) is 11.3 Å². The molecule has 0 saturated carbocycles. The van der Waals surface area contributed by atoms with E-state index in [2.05, 4.69) is 29.8 Å². The van der Waals surface area contributed by atoms with Crippen molar-refractivity contribution in [2.24, 2.45) is 5.92 Å². The number of halogens is 1. The Morgan fingerprint density at radius 1 is 1.04 bits per heavy atom. The highest BCUT2D eigenvalue weighted by Gasteiger charge is 2.25. The summed E-state index contributed by atoms with van der Waals surface area (Å²) in [4.78, 5) is 14.5. The molecule has 0 aliphatic heterocycles. The third kappa shape index (κ3) is 5.10. The first-order valence-electron chi connectivity index (χ1n) is 8.20. The number of hydrogen-bond donors (Lipinski definition) is 0. The van der Waals surface area contributed by atoms with Gasteiger partial charge in [0.2, 0.25) is 0 Å². The van der Waals surface area contributed by atoms with E-state index in [4.69, 9.17) is 4.74 Å². The molecule has 2 rings (SSSR count). The van der Waals surface area contributed by atoms with Crippen LogP contribution in [0.25, 0.3) is 0 Å². The molecule has 0 heterocycles. The van der Waals surface area contributed by atoms with Gasteiger partial charge in [-0.05, 0) is 30.0 Å². The summed E-state index contributed by atoms with van der Waals surface area (Å²) >= 11 is 3.58. The topological polar surface area (TPSA) is 29.5 Å². The molecular formula is C20H24BrNO2. The number of rotatable bonds is 6. The van der Waals surface area contributed by atoms with Gasteiger partial charge in [-0.25, -0.2) is 4.79 Å². The van der Waals surface area contributed by atoms with Crippen molar-refractivity contribution < 1.29 is 9.53 Å². The summed E-state index contributed by atoms with van der Waals surface area (Å²) in [5, 5.41) is 0. The van der Waals surface area contributed by atoms with Gasteiger partial charge < -0.3 is 9.64 Å². The van der Waals surface area contributed by atoms with Crippen molar-refractivity contribution >= 4 is 22.0 Å². The van der Waals surface area contributed by atoms with Gasteiger partial charge in [0.05, 0.1) is 6.04 Å². The Morgan fingerprint density at radius 2 is 1.67 bits per heavy atom. The minimum Gasteiger partial charge on any atom is -0.445 e. The molecule has 0 N–H and O–H groups in total. The average molecular weight is 390 g/mol. The van der Waals surface area contributed by atoms with Crippen molar-refractivity contribution in [3.05, 3.63) is 70.2 Å². The van der Waals surface area contributed by atoms with E-state index < -0.39 is 0 Å². The molecule has 4 heteroatoms. The third-order valence-corrected chi connectivity index (χ3v) is 4.55. The smallest absolute Gasteiger partial charge is 0.410 e. The zero-order valence-corrected chi connectivity index (χ0v) is 16.0. The zero-order chi connectivity index (χ0) is 17.5. The van der Waals surface area contributed by atoms with E-state index in [0.29, 0.717) is 12.5 Å². The number of benzene rings is 2. The molecule has 1 unspecified atom stereocenters. The predicted molar refractivity (Wildman–Crippen MR) is 101 cm³/mol. The summed E-state index contributed by atoms with van der Waals surface area (Å²) in [7, 11) is 0. The van der Waals surface area contributed by atoms with Crippen molar-refractivity contribution in [2.75, 3.05) is 6.54 Å². The molecule has 24 heavy (non-hydrogen) atoms. The van der Waals surface area contributed by atoms with Crippen LogP contribution in [0.2, 0.25) is 0 Å². The lowest BCUT2D eigenvalue weighted by Gasteiger charge is -2.31. The van der Waals surface area contributed by atoms with Crippen LogP contribution in [0, 0.1) is 5.92 Å². The average Bonchev–Trinajstić information content (AvgIpc) is 2.58. The maximum Gasteiger partial charge on any atom is 0.410 e. The summed E-state index contributed by atoms with van der Waals surface area (Å²) in [5.74, 6) is 0.360. The van der Waals surface area contributed by atoms with Gasteiger partial charge in [-0.1, -0.05) is 78.3 Å². The van der Waals surface area contributed by atoms with Gasteiger partial charge in [-0.3, -0.25) is 0 Å². The molecule has 0 aliphatic carbocycles. The molecule has 0 aromatic heterocycles. The molecule has 128 valence electrons. The Labute approximate surface area is 152 Å². The lowest BCUT2D eigenvalue weighted by Crippen LogP contribution is -2.37. The molecule has 0 spiro atoms. The van der Waals surface area contributed by atoms with Crippen LogP contribution >= 0.6 is 15.9 Å². The van der Waals surface area contributed by atoms with Crippen molar-refractivity contribution in [3.8, 4) is 0 Å². The lowest BCUT2D eigenvalue weighted by molar-refractivity contribution is 0.0778. The van der Waals surface area contributed by atoms with Crippen LogP contribution in [0.3, 0.4) is 0 Å². The lowest BCUT2D eigenvalue weighted by atomic mass is 10.1. The Morgan fingerprint density at radius 3 is 2.29 bits per heavy atom. The molecule has 0 radical (unpaired) electrons. The largest absolute Gasteiger partial charge is 0.445 e. The highest BCUT2D eigenvalue weighted by molar-refractivity contribution is 9.10. The van der Waals surface area contributed by atoms with Gasteiger partial charge in [0.25, 0.3) is 0 Å². The highest BCUT2D eigenvalue weighted by Crippen LogP contribution is 2.28. The van der Waals surface area contributed by atoms with Gasteiger partial charge in [0, 0.05) is 11.0 Å². The van der Waals surface area contributed by atoms with Gasteiger partial charge >= 0.3 is 6.09 Å². The van der Waals surface area contributed by atoms with Crippen LogP contribution < -0.4 is 0 Å². The molecule has 0 fully saturated rings. The van der Waals surface area contributed by atoms with Crippen LogP contribution in [0.1, 0.15) is 37.9 Å². The fourth-order valence-electron chi connectivity index (χ4n) is 2.57. The Kier molecular flexibility index (Phi) is 6.85. The van der Waals surface area contributed by atoms with E-state index in [-0.39, 0.29) is 18.7 Å². The Hall–Kier alpha value is -1.81. The molecule has 3 nitrogen and oxygen atoms in total. The van der Waals surface area contributed by atoms with Crippen molar-refractivity contribution in [3.63, 3.8) is 0 Å². The Balaban J connectivity index is 2.12. The zero-order valence-electron chi connectivity index (χ0n) is 14.4. The first-order chi connectivity index (χ1) is 11.5. The van der Waals surface area contributed by atoms with E-state index in [0.717, 1.165) is 15.6 Å². The van der Waals surface area contributed by atoms with Gasteiger partial charge in [0.15, 0.2) is 0 Å².